The lowest BCUT2D eigenvalue weighted by Gasteiger charge is -2.20. The first-order valence-electron chi connectivity index (χ1n) is 8.10. The first kappa shape index (κ1) is 16.5. The second kappa shape index (κ2) is 7.46. The van der Waals surface area contributed by atoms with Gasteiger partial charge in [0.1, 0.15) is 0 Å². The maximum Gasteiger partial charge on any atom is 0.252 e. The van der Waals surface area contributed by atoms with Crippen molar-refractivity contribution in [2.75, 3.05) is 0 Å². The van der Waals surface area contributed by atoms with Crippen LogP contribution in [-0.2, 0) is 0 Å². The fraction of sp³-hybridized carbons (Fsp3) is 0.0909. The van der Waals surface area contributed by atoms with E-state index in [0.29, 0.717) is 11.1 Å². The number of hydrogen-bond donors (Lipinski definition) is 1. The number of rotatable bonds is 4. The second-order valence-electron chi connectivity index (χ2n) is 5.92. The normalized spacial score (nSPS) is 11.4. The lowest BCUT2D eigenvalue weighted by Crippen LogP contribution is -2.29. The van der Waals surface area contributed by atoms with Crippen LogP contribution < -0.4 is 5.32 Å². The average Bonchev–Trinajstić information content (AvgIpc) is 2.67. The van der Waals surface area contributed by atoms with Gasteiger partial charge in [-0.15, -0.1) is 0 Å². The Bertz CT molecular complexity index is 909. The molecule has 0 spiro atoms. The standard InChI is InChI=1S/C22H18N2O/c1-16-10-12-19(13-11-16)21(18-7-3-2-4-8-18)24-22(25)20-9-5-6-17(14-20)15-23/h2-14,21H,1H3,(H,24,25)/t21-/m1/s1. The van der Waals surface area contributed by atoms with Crippen molar-refractivity contribution in [3.8, 4) is 6.07 Å². The van der Waals surface area contributed by atoms with Crippen LogP contribution in [0.3, 0.4) is 0 Å². The molecule has 0 fully saturated rings. The van der Waals surface area contributed by atoms with Crippen LogP contribution in [0, 0.1) is 18.3 Å². The van der Waals surface area contributed by atoms with Crippen molar-refractivity contribution in [2.24, 2.45) is 0 Å². The number of nitrogens with zero attached hydrogens (tertiary/aromatic N) is 1. The Hall–Kier alpha value is -3.38. The van der Waals surface area contributed by atoms with Gasteiger partial charge in [-0.25, -0.2) is 0 Å². The van der Waals surface area contributed by atoms with E-state index in [1.165, 1.54) is 5.56 Å². The van der Waals surface area contributed by atoms with E-state index in [1.807, 2.05) is 61.5 Å². The largest absolute Gasteiger partial charge is 0.341 e. The van der Waals surface area contributed by atoms with Gasteiger partial charge in [0.25, 0.3) is 5.91 Å². The van der Waals surface area contributed by atoms with Crippen LogP contribution in [0.2, 0.25) is 0 Å². The molecule has 0 heterocycles. The van der Waals surface area contributed by atoms with E-state index in [9.17, 15) is 4.79 Å². The van der Waals surface area contributed by atoms with E-state index in [0.717, 1.165) is 11.1 Å². The molecule has 0 saturated carbocycles. The zero-order chi connectivity index (χ0) is 17.6. The predicted molar refractivity (Wildman–Crippen MR) is 98.1 cm³/mol. The van der Waals surface area contributed by atoms with Crippen molar-refractivity contribution in [3.63, 3.8) is 0 Å². The van der Waals surface area contributed by atoms with Crippen LogP contribution in [0.5, 0.6) is 0 Å². The summed E-state index contributed by atoms with van der Waals surface area (Å²) >= 11 is 0. The minimum absolute atomic E-state index is 0.202. The minimum atomic E-state index is -0.250. The summed E-state index contributed by atoms with van der Waals surface area (Å²) < 4.78 is 0. The summed E-state index contributed by atoms with van der Waals surface area (Å²) in [5.41, 5.74) is 4.15. The van der Waals surface area contributed by atoms with E-state index < -0.39 is 0 Å². The molecule has 0 aromatic heterocycles. The van der Waals surface area contributed by atoms with Gasteiger partial charge in [0.15, 0.2) is 0 Å². The smallest absolute Gasteiger partial charge is 0.252 e. The molecule has 3 aromatic rings. The Labute approximate surface area is 147 Å². The van der Waals surface area contributed by atoms with Gasteiger partial charge in [-0.2, -0.15) is 5.26 Å². The summed E-state index contributed by atoms with van der Waals surface area (Å²) in [4.78, 5) is 12.7. The summed E-state index contributed by atoms with van der Waals surface area (Å²) in [5, 5.41) is 12.1. The number of carbonyl (C=O) groups excluding carboxylic acids is 1. The second-order valence-corrected chi connectivity index (χ2v) is 5.92. The van der Waals surface area contributed by atoms with Crippen molar-refractivity contribution in [2.45, 2.75) is 13.0 Å². The van der Waals surface area contributed by atoms with Crippen molar-refractivity contribution in [1.29, 1.82) is 5.26 Å². The molecule has 3 rings (SSSR count). The van der Waals surface area contributed by atoms with E-state index in [4.69, 9.17) is 5.26 Å². The average molecular weight is 326 g/mol. The van der Waals surface area contributed by atoms with Crippen LogP contribution in [0.25, 0.3) is 0 Å². The highest BCUT2D eigenvalue weighted by molar-refractivity contribution is 5.95. The SMILES string of the molecule is Cc1ccc([C@H](NC(=O)c2cccc(C#N)c2)c2ccccc2)cc1. The molecule has 3 aromatic carbocycles. The zero-order valence-corrected chi connectivity index (χ0v) is 13.9. The Morgan fingerprint density at radius 3 is 2.28 bits per heavy atom. The Balaban J connectivity index is 1.93. The van der Waals surface area contributed by atoms with Crippen LogP contribution >= 0.6 is 0 Å². The topological polar surface area (TPSA) is 52.9 Å². The molecule has 0 unspecified atom stereocenters. The third kappa shape index (κ3) is 3.94. The van der Waals surface area contributed by atoms with Crippen molar-refractivity contribution >= 4 is 5.91 Å². The molecule has 0 bridgehead atoms. The molecule has 0 radical (unpaired) electrons. The van der Waals surface area contributed by atoms with Gasteiger partial charge in [-0.05, 0) is 36.2 Å². The zero-order valence-electron chi connectivity index (χ0n) is 13.9. The Morgan fingerprint density at radius 1 is 0.920 bits per heavy atom. The van der Waals surface area contributed by atoms with Crippen LogP contribution in [0.4, 0.5) is 0 Å². The molecule has 0 aliphatic rings. The highest BCUT2D eigenvalue weighted by Gasteiger charge is 2.17. The number of nitrogens with one attached hydrogen (secondary N) is 1. The summed E-state index contributed by atoms with van der Waals surface area (Å²) in [6, 6.07) is 26.5. The van der Waals surface area contributed by atoms with Crippen molar-refractivity contribution in [3.05, 3.63) is 107 Å². The number of benzene rings is 3. The molecular weight excluding hydrogens is 308 g/mol. The summed E-state index contributed by atoms with van der Waals surface area (Å²) in [7, 11) is 0. The van der Waals surface area contributed by atoms with Crippen molar-refractivity contribution in [1.82, 2.24) is 5.32 Å². The number of carbonyl (C=O) groups is 1. The van der Waals surface area contributed by atoms with Gasteiger partial charge in [-0.1, -0.05) is 66.2 Å². The van der Waals surface area contributed by atoms with Gasteiger partial charge in [0.2, 0.25) is 0 Å². The third-order valence-electron chi connectivity index (χ3n) is 4.07. The van der Waals surface area contributed by atoms with Gasteiger partial charge in [-0.3, -0.25) is 4.79 Å². The van der Waals surface area contributed by atoms with Gasteiger partial charge in [0.05, 0.1) is 17.7 Å². The van der Waals surface area contributed by atoms with E-state index in [1.54, 1.807) is 24.3 Å². The van der Waals surface area contributed by atoms with Crippen LogP contribution in [0.1, 0.15) is 38.7 Å². The first-order chi connectivity index (χ1) is 12.2. The molecule has 1 N–H and O–H groups in total. The molecule has 0 saturated heterocycles. The number of amides is 1. The molecule has 3 heteroatoms. The molecular formula is C22H18N2O. The maximum atomic E-state index is 12.7. The first-order valence-corrected chi connectivity index (χ1v) is 8.10. The summed E-state index contributed by atoms with van der Waals surface area (Å²) in [6.07, 6.45) is 0. The molecule has 0 aliphatic heterocycles. The van der Waals surface area contributed by atoms with Gasteiger partial charge >= 0.3 is 0 Å². The van der Waals surface area contributed by atoms with Gasteiger partial charge < -0.3 is 5.32 Å². The Morgan fingerprint density at radius 2 is 1.60 bits per heavy atom. The monoisotopic (exact) mass is 326 g/mol. The quantitative estimate of drug-likeness (QED) is 0.773. The van der Waals surface area contributed by atoms with Crippen LogP contribution in [-0.4, -0.2) is 5.91 Å². The molecule has 122 valence electrons. The number of hydrogen-bond acceptors (Lipinski definition) is 2. The maximum absolute atomic E-state index is 12.7. The number of aryl methyl sites for hydroxylation is 1. The van der Waals surface area contributed by atoms with Crippen molar-refractivity contribution < 1.29 is 4.79 Å². The molecule has 3 nitrogen and oxygen atoms in total. The van der Waals surface area contributed by atoms with E-state index >= 15 is 0 Å². The van der Waals surface area contributed by atoms with Crippen LogP contribution in [0.15, 0.2) is 78.9 Å². The third-order valence-corrected chi connectivity index (χ3v) is 4.07. The van der Waals surface area contributed by atoms with E-state index in [-0.39, 0.29) is 11.9 Å². The molecule has 1 atom stereocenters. The lowest BCUT2D eigenvalue weighted by molar-refractivity contribution is 0.0943. The minimum Gasteiger partial charge on any atom is -0.341 e. The highest BCUT2D eigenvalue weighted by Crippen LogP contribution is 2.23. The predicted octanol–water partition coefficient (Wildman–Crippen LogP) is 4.39. The summed E-state index contributed by atoms with van der Waals surface area (Å²) in [5.74, 6) is -0.202. The summed E-state index contributed by atoms with van der Waals surface area (Å²) in [6.45, 7) is 2.03. The van der Waals surface area contributed by atoms with E-state index in [2.05, 4.69) is 11.4 Å². The molecule has 1 amide bonds. The molecule has 25 heavy (non-hydrogen) atoms. The van der Waals surface area contributed by atoms with Gasteiger partial charge in [0, 0.05) is 5.56 Å². The molecule has 0 aliphatic carbocycles. The fourth-order valence-corrected chi connectivity index (χ4v) is 2.71. The highest BCUT2D eigenvalue weighted by atomic mass is 16.1. The Kier molecular flexibility index (Phi) is 4.92. The lowest BCUT2D eigenvalue weighted by atomic mass is 9.97. The fourth-order valence-electron chi connectivity index (χ4n) is 2.71. The number of nitriles is 1.